The van der Waals surface area contributed by atoms with E-state index in [4.69, 9.17) is 0 Å². The molecule has 0 unspecified atom stereocenters. The molecule has 0 aliphatic carbocycles. The van der Waals surface area contributed by atoms with Crippen LogP contribution in [0.15, 0.2) is 24.3 Å². The van der Waals surface area contributed by atoms with Crippen LogP contribution in [-0.4, -0.2) is 37.0 Å². The Labute approximate surface area is 129 Å². The number of rotatable bonds is 3. The number of para-hydroxylation sites is 1. The zero-order valence-electron chi connectivity index (χ0n) is 12.4. The smallest absolute Gasteiger partial charge is 0.186 e. The number of thiazole rings is 1. The minimum Gasteiger partial charge on any atom is -0.345 e. The fraction of sp³-hybridized carbons (Fsp3) is 0.533. The van der Waals surface area contributed by atoms with E-state index >= 15 is 0 Å². The standard InChI is InChI=1S/C15H20N2O2S2/c1-3-15(4-2)11-17(9-10-21(15,18)19)14-16-12-7-5-6-8-13(12)20-14/h5-8H,3-4,9-11H2,1-2H3. The van der Waals surface area contributed by atoms with Crippen LogP contribution < -0.4 is 4.90 Å². The highest BCUT2D eigenvalue weighted by atomic mass is 32.2. The van der Waals surface area contributed by atoms with Crippen molar-refractivity contribution >= 4 is 36.5 Å². The molecule has 1 aromatic carbocycles. The second-order valence-electron chi connectivity index (χ2n) is 5.59. The molecule has 0 atom stereocenters. The molecule has 21 heavy (non-hydrogen) atoms. The van der Waals surface area contributed by atoms with Gasteiger partial charge in [-0.2, -0.15) is 0 Å². The molecular weight excluding hydrogens is 304 g/mol. The van der Waals surface area contributed by atoms with Crippen molar-refractivity contribution < 1.29 is 8.42 Å². The lowest BCUT2D eigenvalue weighted by Crippen LogP contribution is -2.55. The summed E-state index contributed by atoms with van der Waals surface area (Å²) in [6.45, 7) is 5.05. The molecule has 1 aliphatic heterocycles. The van der Waals surface area contributed by atoms with Crippen LogP contribution in [0.4, 0.5) is 5.13 Å². The molecule has 114 valence electrons. The van der Waals surface area contributed by atoms with E-state index in [9.17, 15) is 8.42 Å². The summed E-state index contributed by atoms with van der Waals surface area (Å²) in [4.78, 5) is 6.82. The van der Waals surface area contributed by atoms with Crippen molar-refractivity contribution in [2.75, 3.05) is 23.7 Å². The topological polar surface area (TPSA) is 50.3 Å². The lowest BCUT2D eigenvalue weighted by atomic mass is 10.0. The van der Waals surface area contributed by atoms with Gasteiger partial charge in [-0.05, 0) is 25.0 Å². The highest BCUT2D eigenvalue weighted by molar-refractivity contribution is 7.92. The fourth-order valence-corrected chi connectivity index (χ4v) is 6.16. The predicted molar refractivity (Wildman–Crippen MR) is 88.9 cm³/mol. The maximum Gasteiger partial charge on any atom is 0.186 e. The largest absolute Gasteiger partial charge is 0.345 e. The second-order valence-corrected chi connectivity index (χ2v) is 9.11. The Morgan fingerprint density at radius 1 is 1.29 bits per heavy atom. The number of benzene rings is 1. The van der Waals surface area contributed by atoms with Crippen molar-refractivity contribution in [2.24, 2.45) is 0 Å². The van der Waals surface area contributed by atoms with Crippen molar-refractivity contribution in [3.05, 3.63) is 24.3 Å². The molecular formula is C15H20N2O2S2. The van der Waals surface area contributed by atoms with Gasteiger partial charge in [0, 0.05) is 13.1 Å². The molecule has 3 rings (SSSR count). The van der Waals surface area contributed by atoms with E-state index in [0.717, 1.165) is 15.3 Å². The van der Waals surface area contributed by atoms with E-state index in [0.29, 0.717) is 25.9 Å². The lowest BCUT2D eigenvalue weighted by molar-refractivity contribution is 0.458. The van der Waals surface area contributed by atoms with Gasteiger partial charge in [-0.15, -0.1) is 0 Å². The van der Waals surface area contributed by atoms with E-state index in [-0.39, 0.29) is 5.75 Å². The van der Waals surface area contributed by atoms with Crippen molar-refractivity contribution in [3.8, 4) is 0 Å². The Morgan fingerprint density at radius 3 is 2.67 bits per heavy atom. The normalized spacial score (nSPS) is 20.8. The number of aromatic nitrogens is 1. The molecule has 0 spiro atoms. The fourth-order valence-electron chi connectivity index (χ4n) is 3.04. The maximum absolute atomic E-state index is 12.5. The minimum absolute atomic E-state index is 0.227. The van der Waals surface area contributed by atoms with Crippen LogP contribution in [0.1, 0.15) is 26.7 Å². The Bertz CT molecular complexity index is 715. The Kier molecular flexibility index (Phi) is 3.69. The van der Waals surface area contributed by atoms with Gasteiger partial charge in [0.05, 0.1) is 20.7 Å². The van der Waals surface area contributed by atoms with Crippen molar-refractivity contribution in [1.82, 2.24) is 4.98 Å². The van der Waals surface area contributed by atoms with Gasteiger partial charge in [0.25, 0.3) is 0 Å². The number of hydrogen-bond acceptors (Lipinski definition) is 5. The third kappa shape index (κ3) is 2.34. The molecule has 2 aromatic rings. The second kappa shape index (κ2) is 5.25. The van der Waals surface area contributed by atoms with Crippen LogP contribution in [0.5, 0.6) is 0 Å². The summed E-state index contributed by atoms with van der Waals surface area (Å²) >= 11 is 1.65. The molecule has 2 heterocycles. The highest BCUT2D eigenvalue weighted by Gasteiger charge is 2.45. The molecule has 0 bridgehead atoms. The number of hydrogen-bond donors (Lipinski definition) is 0. The van der Waals surface area contributed by atoms with Crippen LogP contribution in [-0.2, 0) is 9.84 Å². The molecule has 6 heteroatoms. The zero-order valence-corrected chi connectivity index (χ0v) is 14.0. The van der Waals surface area contributed by atoms with Gasteiger partial charge in [0.2, 0.25) is 0 Å². The van der Waals surface area contributed by atoms with Gasteiger partial charge < -0.3 is 4.90 Å². The molecule has 0 radical (unpaired) electrons. The van der Waals surface area contributed by atoms with E-state index in [1.807, 2.05) is 32.0 Å². The van der Waals surface area contributed by atoms with E-state index in [1.165, 1.54) is 0 Å². The molecule has 1 aliphatic rings. The van der Waals surface area contributed by atoms with Gasteiger partial charge >= 0.3 is 0 Å². The molecule has 1 aromatic heterocycles. The van der Waals surface area contributed by atoms with E-state index < -0.39 is 14.6 Å². The van der Waals surface area contributed by atoms with Crippen LogP contribution in [0.3, 0.4) is 0 Å². The van der Waals surface area contributed by atoms with E-state index in [2.05, 4.69) is 16.0 Å². The molecule has 1 saturated heterocycles. The Balaban J connectivity index is 1.97. The van der Waals surface area contributed by atoms with E-state index in [1.54, 1.807) is 11.3 Å². The predicted octanol–water partition coefficient (Wildman–Crippen LogP) is 3.09. The molecule has 1 fully saturated rings. The third-order valence-corrected chi connectivity index (χ3v) is 8.45. The lowest BCUT2D eigenvalue weighted by Gasteiger charge is -2.41. The number of nitrogens with zero attached hydrogens (tertiary/aromatic N) is 2. The van der Waals surface area contributed by atoms with Gasteiger partial charge in [-0.1, -0.05) is 37.3 Å². The molecule has 0 saturated carbocycles. The molecule has 4 nitrogen and oxygen atoms in total. The monoisotopic (exact) mass is 324 g/mol. The van der Waals surface area contributed by atoms with Crippen molar-refractivity contribution in [3.63, 3.8) is 0 Å². The first-order chi connectivity index (χ1) is 10.0. The minimum atomic E-state index is -3.02. The van der Waals surface area contributed by atoms with Gasteiger partial charge in [-0.3, -0.25) is 0 Å². The summed E-state index contributed by atoms with van der Waals surface area (Å²) in [5.41, 5.74) is 0.990. The summed E-state index contributed by atoms with van der Waals surface area (Å²) in [7, 11) is -3.02. The summed E-state index contributed by atoms with van der Waals surface area (Å²) < 4.78 is 25.5. The van der Waals surface area contributed by atoms with Crippen molar-refractivity contribution in [1.29, 1.82) is 0 Å². The average molecular weight is 324 g/mol. The average Bonchev–Trinajstić information content (AvgIpc) is 2.91. The van der Waals surface area contributed by atoms with Gasteiger partial charge in [0.1, 0.15) is 0 Å². The maximum atomic E-state index is 12.5. The number of fused-ring (bicyclic) bond motifs is 1. The number of anilines is 1. The first-order valence-corrected chi connectivity index (χ1v) is 9.81. The van der Waals surface area contributed by atoms with Crippen LogP contribution in [0.2, 0.25) is 0 Å². The SMILES string of the molecule is CCC1(CC)CN(c2nc3ccccc3s2)CCS1(=O)=O. The van der Waals surface area contributed by atoms with Gasteiger partial charge in [-0.25, -0.2) is 13.4 Å². The Hall–Kier alpha value is -1.14. The summed E-state index contributed by atoms with van der Waals surface area (Å²) in [6.07, 6.45) is 1.32. The van der Waals surface area contributed by atoms with Crippen LogP contribution in [0, 0.1) is 0 Å². The Morgan fingerprint density at radius 2 is 2.00 bits per heavy atom. The first-order valence-electron chi connectivity index (χ1n) is 7.34. The zero-order chi connectivity index (χ0) is 15.1. The molecule has 0 amide bonds. The quantitative estimate of drug-likeness (QED) is 0.870. The summed E-state index contributed by atoms with van der Waals surface area (Å²) in [6, 6.07) is 8.05. The summed E-state index contributed by atoms with van der Waals surface area (Å²) in [5.74, 6) is 0.227. The third-order valence-electron chi connectivity index (χ3n) is 4.61. The first kappa shape index (κ1) is 14.8. The van der Waals surface area contributed by atoms with Crippen LogP contribution in [0.25, 0.3) is 10.2 Å². The summed E-state index contributed by atoms with van der Waals surface area (Å²) in [5, 5.41) is 0.942. The van der Waals surface area contributed by atoms with Gasteiger partial charge in [0.15, 0.2) is 15.0 Å². The van der Waals surface area contributed by atoms with Crippen molar-refractivity contribution in [2.45, 2.75) is 31.4 Å². The molecule has 0 N–H and O–H groups in total. The van der Waals surface area contributed by atoms with Crippen LogP contribution >= 0.6 is 11.3 Å². The number of sulfone groups is 1. The highest BCUT2D eigenvalue weighted by Crippen LogP contribution is 2.36.